The second kappa shape index (κ2) is 8.13. The van der Waals surface area contributed by atoms with E-state index in [4.69, 9.17) is 4.74 Å². The molecule has 0 atom stereocenters. The number of hydrogen-bond donors (Lipinski definition) is 0. The predicted molar refractivity (Wildman–Crippen MR) is 93.2 cm³/mol. The van der Waals surface area contributed by atoms with Crippen LogP contribution >= 0.6 is 0 Å². The molecule has 0 amide bonds. The number of rotatable bonds is 0. The summed E-state index contributed by atoms with van der Waals surface area (Å²) >= 11 is 0. The van der Waals surface area contributed by atoms with Gasteiger partial charge in [0, 0.05) is 24.9 Å². The Kier molecular flexibility index (Phi) is 5.92. The smallest absolute Gasteiger partial charge is 0.273 e. The zero-order chi connectivity index (χ0) is 16.7. The molecule has 0 bridgehead atoms. The number of ether oxygens (including phenoxy) is 1. The van der Waals surface area contributed by atoms with Crippen LogP contribution in [0.2, 0.25) is 0 Å². The van der Waals surface area contributed by atoms with Crippen LogP contribution in [-0.2, 0) is 6.42 Å². The van der Waals surface area contributed by atoms with Crippen molar-refractivity contribution in [1.82, 2.24) is 9.38 Å². The Balaban J connectivity index is 0.000000152. The Labute approximate surface area is 136 Å². The summed E-state index contributed by atoms with van der Waals surface area (Å²) in [7, 11) is 0. The van der Waals surface area contributed by atoms with Gasteiger partial charge in [-0.15, -0.1) is 0 Å². The van der Waals surface area contributed by atoms with Crippen LogP contribution in [0.15, 0.2) is 59.7 Å². The van der Waals surface area contributed by atoms with Crippen molar-refractivity contribution >= 4 is 5.65 Å². The predicted octanol–water partition coefficient (Wildman–Crippen LogP) is 3.65. The van der Waals surface area contributed by atoms with Crippen LogP contribution in [0, 0.1) is 6.92 Å². The second-order valence-electron chi connectivity index (χ2n) is 4.94. The molecule has 0 radical (unpaired) electrons. The van der Waals surface area contributed by atoms with Gasteiger partial charge in [0.1, 0.15) is 11.4 Å². The Morgan fingerprint density at radius 3 is 2.74 bits per heavy atom. The Bertz CT molecular complexity index is 825. The fourth-order valence-electron chi connectivity index (χ4n) is 2.28. The van der Waals surface area contributed by atoms with Gasteiger partial charge < -0.3 is 9.14 Å². The van der Waals surface area contributed by atoms with E-state index in [9.17, 15) is 4.79 Å². The van der Waals surface area contributed by atoms with Crippen molar-refractivity contribution in [2.24, 2.45) is 0 Å². The molecule has 23 heavy (non-hydrogen) atoms. The highest BCUT2D eigenvalue weighted by Gasteiger charge is 2.09. The average Bonchev–Trinajstić information content (AvgIpc) is 3.04. The lowest BCUT2D eigenvalue weighted by Gasteiger charge is -1.97. The SMILES string of the molecule is CC.Cc1ccc2c(c1)CCO2.O=c1ccn2ccccc2n1. The zero-order valence-electron chi connectivity index (χ0n) is 13.8. The highest BCUT2D eigenvalue weighted by atomic mass is 16.5. The van der Waals surface area contributed by atoms with Crippen LogP contribution in [0.1, 0.15) is 25.0 Å². The lowest BCUT2D eigenvalue weighted by molar-refractivity contribution is 0.357. The van der Waals surface area contributed by atoms with Crippen molar-refractivity contribution in [3.8, 4) is 5.75 Å². The maximum atomic E-state index is 10.8. The van der Waals surface area contributed by atoms with Gasteiger partial charge in [0.15, 0.2) is 0 Å². The fourth-order valence-corrected chi connectivity index (χ4v) is 2.28. The number of nitrogens with zero attached hydrogens (tertiary/aromatic N) is 2. The maximum Gasteiger partial charge on any atom is 0.273 e. The van der Waals surface area contributed by atoms with Gasteiger partial charge in [-0.05, 0) is 30.7 Å². The molecule has 0 saturated carbocycles. The van der Waals surface area contributed by atoms with Crippen molar-refractivity contribution in [3.63, 3.8) is 0 Å². The number of aryl methyl sites for hydroxylation is 1. The molecule has 2 aromatic heterocycles. The van der Waals surface area contributed by atoms with Crippen LogP contribution in [0.25, 0.3) is 5.65 Å². The first-order chi connectivity index (χ1) is 11.2. The van der Waals surface area contributed by atoms with Gasteiger partial charge in [-0.1, -0.05) is 37.6 Å². The number of pyridine rings is 1. The number of aromatic nitrogens is 2. The molecule has 1 aromatic carbocycles. The Morgan fingerprint density at radius 1 is 1.09 bits per heavy atom. The fraction of sp³-hybridized carbons (Fsp3) is 0.263. The van der Waals surface area contributed by atoms with Gasteiger partial charge in [0.2, 0.25) is 0 Å². The van der Waals surface area contributed by atoms with E-state index >= 15 is 0 Å². The quantitative estimate of drug-likeness (QED) is 0.636. The molecule has 0 aliphatic carbocycles. The van der Waals surface area contributed by atoms with Gasteiger partial charge in [0.25, 0.3) is 5.56 Å². The normalized spacial score (nSPS) is 11.4. The van der Waals surface area contributed by atoms with Gasteiger partial charge in [0.05, 0.1) is 6.61 Å². The van der Waals surface area contributed by atoms with Gasteiger partial charge in [-0.3, -0.25) is 4.79 Å². The zero-order valence-corrected chi connectivity index (χ0v) is 13.8. The van der Waals surface area contributed by atoms with E-state index in [-0.39, 0.29) is 5.56 Å². The Morgan fingerprint density at radius 2 is 1.91 bits per heavy atom. The third kappa shape index (κ3) is 4.42. The molecular formula is C19H22N2O2. The van der Waals surface area contributed by atoms with E-state index in [0.29, 0.717) is 5.65 Å². The minimum Gasteiger partial charge on any atom is -0.493 e. The summed E-state index contributed by atoms with van der Waals surface area (Å²) in [6, 6.07) is 13.3. The molecule has 3 heterocycles. The van der Waals surface area contributed by atoms with Crippen LogP contribution in [0.4, 0.5) is 0 Å². The largest absolute Gasteiger partial charge is 0.493 e. The first-order valence-electron chi connectivity index (χ1n) is 7.89. The molecule has 0 saturated heterocycles. The van der Waals surface area contributed by atoms with Crippen molar-refractivity contribution in [2.75, 3.05) is 6.61 Å². The molecule has 4 rings (SSSR count). The maximum absolute atomic E-state index is 10.8. The van der Waals surface area contributed by atoms with E-state index in [2.05, 4.69) is 30.1 Å². The highest BCUT2D eigenvalue weighted by molar-refractivity contribution is 5.39. The van der Waals surface area contributed by atoms with Crippen LogP contribution in [-0.4, -0.2) is 16.0 Å². The lowest BCUT2D eigenvalue weighted by atomic mass is 10.1. The van der Waals surface area contributed by atoms with E-state index < -0.39 is 0 Å². The average molecular weight is 310 g/mol. The topological polar surface area (TPSA) is 43.6 Å². The molecule has 1 aliphatic rings. The van der Waals surface area contributed by atoms with Crippen LogP contribution < -0.4 is 10.3 Å². The minimum absolute atomic E-state index is 0.198. The van der Waals surface area contributed by atoms with E-state index in [1.807, 2.05) is 32.2 Å². The lowest BCUT2D eigenvalue weighted by Crippen LogP contribution is -2.05. The standard InChI is InChI=1S/C9H10O.C8H6N2O.C2H6/c1-7-2-3-9-8(6-7)4-5-10-9;11-8-4-6-10-5-2-1-3-7(10)9-8;1-2/h2-3,6H,4-5H2,1H3;1-6H;1-2H3. The van der Waals surface area contributed by atoms with Crippen LogP contribution in [0.3, 0.4) is 0 Å². The summed E-state index contributed by atoms with van der Waals surface area (Å²) in [5.41, 5.74) is 3.17. The summed E-state index contributed by atoms with van der Waals surface area (Å²) in [5.74, 6) is 1.07. The second-order valence-corrected chi connectivity index (χ2v) is 4.94. The summed E-state index contributed by atoms with van der Waals surface area (Å²) < 4.78 is 7.15. The summed E-state index contributed by atoms with van der Waals surface area (Å²) in [4.78, 5) is 14.5. The number of hydrogen-bond acceptors (Lipinski definition) is 3. The minimum atomic E-state index is -0.198. The summed E-state index contributed by atoms with van der Waals surface area (Å²) in [6.45, 7) is 6.97. The molecule has 4 nitrogen and oxygen atoms in total. The third-order valence-corrected chi connectivity index (χ3v) is 3.32. The van der Waals surface area contributed by atoms with Crippen molar-refractivity contribution in [1.29, 1.82) is 0 Å². The molecule has 120 valence electrons. The Hall–Kier alpha value is -2.62. The molecular weight excluding hydrogens is 288 g/mol. The van der Waals surface area contributed by atoms with E-state index in [1.165, 1.54) is 17.2 Å². The first kappa shape index (κ1) is 16.7. The molecule has 0 N–H and O–H groups in total. The molecule has 0 spiro atoms. The van der Waals surface area contributed by atoms with Crippen LogP contribution in [0.5, 0.6) is 5.75 Å². The molecule has 1 aliphatic heterocycles. The molecule has 3 aromatic rings. The third-order valence-electron chi connectivity index (χ3n) is 3.32. The molecule has 4 heteroatoms. The number of fused-ring (bicyclic) bond motifs is 2. The van der Waals surface area contributed by atoms with Gasteiger partial charge >= 0.3 is 0 Å². The van der Waals surface area contributed by atoms with Gasteiger partial charge in [-0.25, -0.2) is 0 Å². The first-order valence-corrected chi connectivity index (χ1v) is 7.89. The highest BCUT2D eigenvalue weighted by Crippen LogP contribution is 2.25. The van der Waals surface area contributed by atoms with E-state index in [1.54, 1.807) is 16.7 Å². The monoisotopic (exact) mass is 310 g/mol. The molecule has 0 fully saturated rings. The van der Waals surface area contributed by atoms with Crippen molar-refractivity contribution in [3.05, 3.63) is 76.3 Å². The number of benzene rings is 1. The van der Waals surface area contributed by atoms with Crippen molar-refractivity contribution < 1.29 is 4.74 Å². The van der Waals surface area contributed by atoms with Crippen molar-refractivity contribution in [2.45, 2.75) is 27.2 Å². The van der Waals surface area contributed by atoms with Gasteiger partial charge in [-0.2, -0.15) is 4.98 Å². The molecule has 0 unspecified atom stereocenters. The summed E-state index contributed by atoms with van der Waals surface area (Å²) in [5, 5.41) is 0. The van der Waals surface area contributed by atoms with E-state index in [0.717, 1.165) is 18.8 Å². The summed E-state index contributed by atoms with van der Waals surface area (Å²) in [6.07, 6.45) is 4.63.